The SMILES string of the molecule is CC(C)(CO)CN=C1NC(=O)/C(=C\c2cccc(-c3ccccc3)n2)S1. The lowest BCUT2D eigenvalue weighted by Crippen LogP contribution is -2.24. The molecule has 3 rings (SSSR count). The van der Waals surface area contributed by atoms with Crippen LogP contribution in [0.4, 0.5) is 0 Å². The molecule has 26 heavy (non-hydrogen) atoms. The van der Waals surface area contributed by atoms with Crippen LogP contribution in [0.2, 0.25) is 0 Å². The molecule has 2 heterocycles. The van der Waals surface area contributed by atoms with Gasteiger partial charge in [-0.1, -0.05) is 50.2 Å². The van der Waals surface area contributed by atoms with E-state index < -0.39 is 0 Å². The maximum atomic E-state index is 12.2. The summed E-state index contributed by atoms with van der Waals surface area (Å²) in [5.41, 5.74) is 2.31. The van der Waals surface area contributed by atoms with Crippen LogP contribution in [-0.2, 0) is 4.79 Å². The highest BCUT2D eigenvalue weighted by atomic mass is 32.2. The van der Waals surface area contributed by atoms with Crippen LogP contribution >= 0.6 is 11.8 Å². The summed E-state index contributed by atoms with van der Waals surface area (Å²) in [6, 6.07) is 15.7. The molecule has 0 atom stereocenters. The molecule has 134 valence electrons. The van der Waals surface area contributed by atoms with Gasteiger partial charge in [-0.2, -0.15) is 0 Å². The van der Waals surface area contributed by atoms with Crippen LogP contribution in [0, 0.1) is 5.41 Å². The Bertz CT molecular complexity index is 860. The molecule has 1 fully saturated rings. The number of benzene rings is 1. The molecule has 0 aliphatic carbocycles. The van der Waals surface area contributed by atoms with Crippen LogP contribution in [0.25, 0.3) is 17.3 Å². The standard InChI is InChI=1S/C20H21N3O2S/c1-20(2,13-24)12-21-19-23-18(25)17(26-19)11-15-9-6-10-16(22-15)14-7-4-3-5-8-14/h3-11,24H,12-13H2,1-2H3,(H,21,23,25)/b17-11+. The van der Waals surface area contributed by atoms with E-state index >= 15 is 0 Å². The Balaban J connectivity index is 1.78. The van der Waals surface area contributed by atoms with Crippen molar-refractivity contribution in [2.24, 2.45) is 10.4 Å². The summed E-state index contributed by atoms with van der Waals surface area (Å²) in [7, 11) is 0. The number of amidine groups is 1. The lowest BCUT2D eigenvalue weighted by molar-refractivity contribution is -0.115. The molecule has 0 spiro atoms. The van der Waals surface area contributed by atoms with E-state index in [0.29, 0.717) is 16.6 Å². The summed E-state index contributed by atoms with van der Waals surface area (Å²) in [6.07, 6.45) is 1.77. The number of carbonyl (C=O) groups excluding carboxylic acids is 1. The molecule has 0 saturated carbocycles. The smallest absolute Gasteiger partial charge is 0.264 e. The summed E-state index contributed by atoms with van der Waals surface area (Å²) in [6.45, 7) is 4.34. The van der Waals surface area contributed by atoms with Gasteiger partial charge in [0, 0.05) is 24.1 Å². The molecular weight excluding hydrogens is 346 g/mol. The number of aliphatic hydroxyl groups excluding tert-OH is 1. The fourth-order valence-corrected chi connectivity index (χ4v) is 3.08. The number of aromatic nitrogens is 1. The quantitative estimate of drug-likeness (QED) is 0.795. The van der Waals surface area contributed by atoms with Crippen LogP contribution in [0.15, 0.2) is 58.4 Å². The molecular formula is C20H21N3O2S. The molecule has 0 unspecified atom stereocenters. The predicted molar refractivity (Wildman–Crippen MR) is 107 cm³/mol. The first-order valence-electron chi connectivity index (χ1n) is 8.35. The minimum Gasteiger partial charge on any atom is -0.396 e. The average Bonchev–Trinajstić information content (AvgIpc) is 3.01. The van der Waals surface area contributed by atoms with Crippen molar-refractivity contribution in [1.29, 1.82) is 0 Å². The van der Waals surface area contributed by atoms with E-state index in [1.807, 2.05) is 62.4 Å². The van der Waals surface area contributed by atoms with Gasteiger partial charge in [0.2, 0.25) is 0 Å². The molecule has 6 heteroatoms. The third-order valence-corrected chi connectivity index (χ3v) is 4.80. The Kier molecular flexibility index (Phi) is 5.54. The highest BCUT2D eigenvalue weighted by Gasteiger charge is 2.25. The van der Waals surface area contributed by atoms with Gasteiger partial charge in [0.25, 0.3) is 5.91 Å². The number of aliphatic hydroxyl groups is 1. The first-order valence-corrected chi connectivity index (χ1v) is 9.17. The van der Waals surface area contributed by atoms with Crippen molar-refractivity contribution in [3.63, 3.8) is 0 Å². The zero-order valence-corrected chi connectivity index (χ0v) is 15.6. The molecule has 1 saturated heterocycles. The highest BCUT2D eigenvalue weighted by Crippen LogP contribution is 2.27. The fraction of sp³-hybridized carbons (Fsp3) is 0.250. The van der Waals surface area contributed by atoms with E-state index in [-0.39, 0.29) is 17.9 Å². The minimum absolute atomic E-state index is 0.0429. The van der Waals surface area contributed by atoms with Crippen molar-refractivity contribution in [3.8, 4) is 11.3 Å². The van der Waals surface area contributed by atoms with Gasteiger partial charge in [0.05, 0.1) is 16.3 Å². The van der Waals surface area contributed by atoms with E-state index in [9.17, 15) is 9.90 Å². The molecule has 5 nitrogen and oxygen atoms in total. The van der Waals surface area contributed by atoms with Gasteiger partial charge in [-0.15, -0.1) is 0 Å². The molecule has 1 amide bonds. The lowest BCUT2D eigenvalue weighted by Gasteiger charge is -2.18. The molecule has 1 aromatic carbocycles. The van der Waals surface area contributed by atoms with E-state index in [0.717, 1.165) is 17.0 Å². The Hall–Kier alpha value is -2.44. The van der Waals surface area contributed by atoms with Gasteiger partial charge in [0.1, 0.15) is 0 Å². The monoisotopic (exact) mass is 367 g/mol. The molecule has 1 aliphatic rings. The van der Waals surface area contributed by atoms with Crippen LogP contribution in [0.5, 0.6) is 0 Å². The molecule has 2 N–H and O–H groups in total. The highest BCUT2D eigenvalue weighted by molar-refractivity contribution is 8.18. The van der Waals surface area contributed by atoms with Crippen molar-refractivity contribution in [3.05, 3.63) is 59.1 Å². The number of thioether (sulfide) groups is 1. The maximum Gasteiger partial charge on any atom is 0.264 e. The van der Waals surface area contributed by atoms with Gasteiger partial charge in [-0.05, 0) is 30.0 Å². The largest absolute Gasteiger partial charge is 0.396 e. The van der Waals surface area contributed by atoms with E-state index in [1.54, 1.807) is 6.08 Å². The normalized spacial score (nSPS) is 17.7. The second-order valence-electron chi connectivity index (χ2n) is 6.82. The zero-order valence-electron chi connectivity index (χ0n) is 14.8. The van der Waals surface area contributed by atoms with Crippen molar-refractivity contribution in [2.45, 2.75) is 13.8 Å². The van der Waals surface area contributed by atoms with Crippen molar-refractivity contribution in [1.82, 2.24) is 10.3 Å². The Labute approximate surface area is 157 Å². The van der Waals surface area contributed by atoms with Gasteiger partial charge < -0.3 is 10.4 Å². The first-order chi connectivity index (χ1) is 12.5. The summed E-state index contributed by atoms with van der Waals surface area (Å²) in [5, 5.41) is 12.6. The maximum absolute atomic E-state index is 12.2. The molecule has 0 bridgehead atoms. The number of nitrogens with one attached hydrogen (secondary N) is 1. The Morgan fingerprint density at radius 2 is 1.96 bits per heavy atom. The van der Waals surface area contributed by atoms with Gasteiger partial charge in [-0.3, -0.25) is 9.79 Å². The summed E-state index contributed by atoms with van der Waals surface area (Å²) >= 11 is 1.30. The summed E-state index contributed by atoms with van der Waals surface area (Å²) in [4.78, 5) is 21.8. The van der Waals surface area contributed by atoms with Gasteiger partial charge >= 0.3 is 0 Å². The van der Waals surface area contributed by atoms with E-state index in [2.05, 4.69) is 15.3 Å². The fourth-order valence-electron chi connectivity index (χ4n) is 2.27. The predicted octanol–water partition coefficient (Wildman–Crippen LogP) is 3.33. The van der Waals surface area contributed by atoms with Crippen molar-refractivity contribution < 1.29 is 9.90 Å². The van der Waals surface area contributed by atoms with Crippen molar-refractivity contribution >= 4 is 28.9 Å². The van der Waals surface area contributed by atoms with Crippen LogP contribution in [0.1, 0.15) is 19.5 Å². The number of hydrogen-bond donors (Lipinski definition) is 2. The molecule has 0 radical (unpaired) electrons. The van der Waals surface area contributed by atoms with Crippen LogP contribution < -0.4 is 5.32 Å². The summed E-state index contributed by atoms with van der Waals surface area (Å²) in [5.74, 6) is -0.178. The Morgan fingerprint density at radius 3 is 2.69 bits per heavy atom. The topological polar surface area (TPSA) is 74.6 Å². The number of aliphatic imine (C=N–C) groups is 1. The van der Waals surface area contributed by atoms with Crippen LogP contribution in [0.3, 0.4) is 0 Å². The molecule has 1 aliphatic heterocycles. The second-order valence-corrected chi connectivity index (χ2v) is 7.85. The molecule has 1 aromatic heterocycles. The lowest BCUT2D eigenvalue weighted by atomic mass is 9.95. The number of carbonyl (C=O) groups is 1. The van der Waals surface area contributed by atoms with E-state index in [4.69, 9.17) is 0 Å². The third-order valence-electron chi connectivity index (χ3n) is 3.85. The second kappa shape index (κ2) is 7.85. The summed E-state index contributed by atoms with van der Waals surface area (Å²) < 4.78 is 0. The molecule has 2 aromatic rings. The number of amides is 1. The Morgan fingerprint density at radius 1 is 1.19 bits per heavy atom. The van der Waals surface area contributed by atoms with Gasteiger partial charge in [-0.25, -0.2) is 4.98 Å². The number of rotatable bonds is 5. The number of nitrogens with zero attached hydrogens (tertiary/aromatic N) is 2. The number of pyridine rings is 1. The third kappa shape index (κ3) is 4.59. The zero-order chi connectivity index (χ0) is 18.6. The van der Waals surface area contributed by atoms with Crippen molar-refractivity contribution in [2.75, 3.05) is 13.2 Å². The average molecular weight is 367 g/mol. The van der Waals surface area contributed by atoms with Crippen LogP contribution in [-0.4, -0.2) is 34.3 Å². The first kappa shape index (κ1) is 18.4. The van der Waals surface area contributed by atoms with E-state index in [1.165, 1.54) is 11.8 Å². The van der Waals surface area contributed by atoms with Gasteiger partial charge in [0.15, 0.2) is 5.17 Å². The minimum atomic E-state index is -0.309. The number of hydrogen-bond acceptors (Lipinski definition) is 5.